The van der Waals surface area contributed by atoms with Gasteiger partial charge in [0.15, 0.2) is 0 Å². The maximum atomic E-state index is 12.4. The Morgan fingerprint density at radius 2 is 2.30 bits per heavy atom. The van der Waals surface area contributed by atoms with Crippen molar-refractivity contribution in [3.63, 3.8) is 0 Å². The number of nitrogens with zero attached hydrogens (tertiary/aromatic N) is 1. The largest absolute Gasteiger partial charge is 0.349 e. The summed E-state index contributed by atoms with van der Waals surface area (Å²) in [4.78, 5) is 0.375. The van der Waals surface area contributed by atoms with E-state index in [1.807, 2.05) is 30.3 Å². The molecule has 7 heteroatoms. The van der Waals surface area contributed by atoms with E-state index in [-0.39, 0.29) is 6.04 Å². The number of aryl methyl sites for hydroxylation is 1. The summed E-state index contributed by atoms with van der Waals surface area (Å²) in [5, 5.41) is 3.07. The predicted molar refractivity (Wildman–Crippen MR) is 83.5 cm³/mol. The fourth-order valence-corrected chi connectivity index (χ4v) is 4.93. The lowest BCUT2D eigenvalue weighted by Gasteiger charge is -2.21. The van der Waals surface area contributed by atoms with E-state index >= 15 is 0 Å². The lowest BCUT2D eigenvalue weighted by Crippen LogP contribution is -2.38. The van der Waals surface area contributed by atoms with Crippen LogP contribution >= 0.6 is 11.8 Å². The van der Waals surface area contributed by atoms with Crippen molar-refractivity contribution in [3.05, 3.63) is 18.0 Å². The molecule has 2 N–H and O–H groups in total. The molecule has 1 atom stereocenters. The average Bonchev–Trinajstić information content (AvgIpc) is 2.84. The van der Waals surface area contributed by atoms with Gasteiger partial charge in [0.2, 0.25) is 10.0 Å². The highest BCUT2D eigenvalue weighted by Crippen LogP contribution is 2.20. The molecule has 0 aliphatic carbocycles. The smallest absolute Gasteiger partial charge is 0.242 e. The first-order chi connectivity index (χ1) is 9.56. The summed E-state index contributed by atoms with van der Waals surface area (Å²) >= 11 is 1.82. The highest BCUT2D eigenvalue weighted by atomic mass is 32.2. The molecule has 114 valence electrons. The molecule has 0 amide bonds. The second kappa shape index (κ2) is 6.98. The minimum atomic E-state index is -3.40. The minimum absolute atomic E-state index is 0.0662. The Kier molecular flexibility index (Phi) is 5.54. The van der Waals surface area contributed by atoms with Gasteiger partial charge in [-0.2, -0.15) is 11.8 Å². The maximum Gasteiger partial charge on any atom is 0.242 e. The molecule has 1 aromatic rings. The normalized spacial score (nSPS) is 20.2. The topological polar surface area (TPSA) is 63.1 Å². The standard InChI is InChI=1S/C13H23N3O2S2/c1-3-16-9-13(7-12(16)8-14-2)20(17,18)15-11-5-4-6-19-10-11/h7,9,11,14-15H,3-6,8,10H2,1-2H3. The summed E-state index contributed by atoms with van der Waals surface area (Å²) in [6, 6.07) is 1.83. The van der Waals surface area contributed by atoms with Crippen molar-refractivity contribution in [2.75, 3.05) is 18.6 Å². The van der Waals surface area contributed by atoms with Gasteiger partial charge in [0.1, 0.15) is 0 Å². The highest BCUT2D eigenvalue weighted by molar-refractivity contribution is 7.99. The Hall–Kier alpha value is -0.500. The van der Waals surface area contributed by atoms with E-state index in [1.54, 1.807) is 12.3 Å². The Bertz CT molecular complexity index is 534. The van der Waals surface area contributed by atoms with E-state index < -0.39 is 10.0 Å². The van der Waals surface area contributed by atoms with E-state index in [2.05, 4.69) is 10.0 Å². The lowest BCUT2D eigenvalue weighted by atomic mass is 10.2. The fourth-order valence-electron chi connectivity index (χ4n) is 2.42. The van der Waals surface area contributed by atoms with Crippen molar-refractivity contribution in [3.8, 4) is 0 Å². The molecule has 0 spiro atoms. The highest BCUT2D eigenvalue weighted by Gasteiger charge is 2.23. The fraction of sp³-hybridized carbons (Fsp3) is 0.692. The van der Waals surface area contributed by atoms with Crippen LogP contribution in [0.4, 0.5) is 0 Å². The molecule has 1 fully saturated rings. The van der Waals surface area contributed by atoms with Crippen LogP contribution in [0.2, 0.25) is 0 Å². The van der Waals surface area contributed by atoms with Crippen molar-refractivity contribution >= 4 is 21.8 Å². The number of hydrogen-bond donors (Lipinski definition) is 2. The third kappa shape index (κ3) is 3.78. The van der Waals surface area contributed by atoms with E-state index in [0.29, 0.717) is 11.4 Å². The predicted octanol–water partition coefficient (Wildman–Crippen LogP) is 1.40. The molecule has 1 aromatic heterocycles. The van der Waals surface area contributed by atoms with Crippen LogP contribution in [0.3, 0.4) is 0 Å². The maximum absolute atomic E-state index is 12.4. The van der Waals surface area contributed by atoms with Crippen LogP contribution in [-0.2, 0) is 23.1 Å². The zero-order chi connectivity index (χ0) is 14.6. The number of rotatable bonds is 6. The quantitative estimate of drug-likeness (QED) is 0.832. The third-order valence-electron chi connectivity index (χ3n) is 3.45. The zero-order valence-electron chi connectivity index (χ0n) is 12.1. The second-order valence-electron chi connectivity index (χ2n) is 5.02. The van der Waals surface area contributed by atoms with Gasteiger partial charge in [0.25, 0.3) is 0 Å². The Labute approximate surface area is 125 Å². The van der Waals surface area contributed by atoms with Crippen molar-refractivity contribution in [2.45, 2.75) is 43.8 Å². The van der Waals surface area contributed by atoms with Crippen molar-refractivity contribution < 1.29 is 8.42 Å². The van der Waals surface area contributed by atoms with Crippen LogP contribution in [0.15, 0.2) is 17.2 Å². The zero-order valence-corrected chi connectivity index (χ0v) is 13.7. The molecular weight excluding hydrogens is 294 g/mol. The molecule has 1 saturated heterocycles. The van der Waals surface area contributed by atoms with Crippen LogP contribution in [0, 0.1) is 0 Å². The number of sulfonamides is 1. The summed E-state index contributed by atoms with van der Waals surface area (Å²) in [5.41, 5.74) is 0.994. The Morgan fingerprint density at radius 1 is 1.50 bits per heavy atom. The van der Waals surface area contributed by atoms with Gasteiger partial charge in [-0.25, -0.2) is 13.1 Å². The van der Waals surface area contributed by atoms with Crippen LogP contribution in [0.1, 0.15) is 25.5 Å². The molecule has 1 unspecified atom stereocenters. The van der Waals surface area contributed by atoms with Crippen molar-refractivity contribution in [1.29, 1.82) is 0 Å². The molecule has 0 saturated carbocycles. The molecule has 0 radical (unpaired) electrons. The van der Waals surface area contributed by atoms with Crippen molar-refractivity contribution in [2.24, 2.45) is 0 Å². The summed E-state index contributed by atoms with van der Waals surface area (Å²) < 4.78 is 29.7. The summed E-state index contributed by atoms with van der Waals surface area (Å²) in [5.74, 6) is 2.01. The molecular formula is C13H23N3O2S2. The van der Waals surface area contributed by atoms with E-state index in [1.165, 1.54) is 0 Å². The number of aromatic nitrogens is 1. The van der Waals surface area contributed by atoms with Gasteiger partial charge in [0.05, 0.1) is 4.90 Å². The van der Waals surface area contributed by atoms with Gasteiger partial charge >= 0.3 is 0 Å². The molecule has 2 heterocycles. The van der Waals surface area contributed by atoms with E-state index in [9.17, 15) is 8.42 Å². The monoisotopic (exact) mass is 317 g/mol. The van der Waals surface area contributed by atoms with Gasteiger partial charge in [-0.1, -0.05) is 0 Å². The van der Waals surface area contributed by atoms with E-state index in [0.717, 1.165) is 36.6 Å². The molecule has 0 aromatic carbocycles. The average molecular weight is 317 g/mol. The molecule has 2 rings (SSSR count). The molecule has 1 aliphatic rings. The van der Waals surface area contributed by atoms with Gasteiger partial charge in [-0.05, 0) is 38.6 Å². The number of thioether (sulfide) groups is 1. The Morgan fingerprint density at radius 3 is 2.90 bits per heavy atom. The van der Waals surface area contributed by atoms with E-state index in [4.69, 9.17) is 0 Å². The first-order valence-corrected chi connectivity index (χ1v) is 9.64. The first kappa shape index (κ1) is 15.9. The van der Waals surface area contributed by atoms with Gasteiger partial charge < -0.3 is 9.88 Å². The minimum Gasteiger partial charge on any atom is -0.349 e. The van der Waals surface area contributed by atoms with Crippen LogP contribution < -0.4 is 10.0 Å². The molecule has 5 nitrogen and oxygen atoms in total. The number of hydrogen-bond acceptors (Lipinski definition) is 4. The molecule has 20 heavy (non-hydrogen) atoms. The summed E-state index contributed by atoms with van der Waals surface area (Å²) in [6.07, 6.45) is 3.74. The SMILES string of the molecule is CCn1cc(S(=O)(=O)NC2CCCSC2)cc1CNC. The van der Waals surface area contributed by atoms with Crippen LogP contribution in [0.25, 0.3) is 0 Å². The molecule has 1 aliphatic heterocycles. The van der Waals surface area contributed by atoms with Gasteiger partial charge in [0, 0.05) is 36.8 Å². The van der Waals surface area contributed by atoms with Crippen molar-refractivity contribution in [1.82, 2.24) is 14.6 Å². The van der Waals surface area contributed by atoms with Crippen LogP contribution in [-0.4, -0.2) is 37.6 Å². The van der Waals surface area contributed by atoms with Gasteiger partial charge in [-0.3, -0.25) is 0 Å². The summed E-state index contributed by atoms with van der Waals surface area (Å²) in [6.45, 7) is 3.45. The Balaban J connectivity index is 2.15. The lowest BCUT2D eigenvalue weighted by molar-refractivity contribution is 0.543. The first-order valence-electron chi connectivity index (χ1n) is 7.00. The molecule has 0 bridgehead atoms. The number of nitrogens with one attached hydrogen (secondary N) is 2. The van der Waals surface area contributed by atoms with Gasteiger partial charge in [-0.15, -0.1) is 0 Å². The second-order valence-corrected chi connectivity index (χ2v) is 7.88. The van der Waals surface area contributed by atoms with Crippen LogP contribution in [0.5, 0.6) is 0 Å². The third-order valence-corrected chi connectivity index (χ3v) is 6.15. The summed E-state index contributed by atoms with van der Waals surface area (Å²) in [7, 11) is -1.54.